The fourth-order valence-corrected chi connectivity index (χ4v) is 1.71. The van der Waals surface area contributed by atoms with E-state index in [1.54, 1.807) is 0 Å². The Hall–Kier alpha value is -0.0800. The van der Waals surface area contributed by atoms with Gasteiger partial charge >= 0.3 is 0 Å². The Labute approximate surface area is 74.9 Å². The molecule has 0 aromatic heterocycles. The molecule has 12 heavy (non-hydrogen) atoms. The average molecular weight is 172 g/mol. The van der Waals surface area contributed by atoms with Crippen molar-refractivity contribution in [2.45, 2.75) is 64.3 Å². The number of hydrogen-bond acceptors (Lipinski definition) is 2. The van der Waals surface area contributed by atoms with Crippen LogP contribution in [-0.2, 0) is 4.74 Å². The molecule has 0 saturated carbocycles. The summed E-state index contributed by atoms with van der Waals surface area (Å²) < 4.78 is 5.39. The van der Waals surface area contributed by atoms with Crippen LogP contribution in [0.5, 0.6) is 0 Å². The van der Waals surface area contributed by atoms with Crippen molar-refractivity contribution in [1.29, 1.82) is 0 Å². The van der Waals surface area contributed by atoms with Gasteiger partial charge in [-0.2, -0.15) is 0 Å². The second-order valence-electron chi connectivity index (χ2n) is 3.64. The second kappa shape index (κ2) is 5.55. The second-order valence-corrected chi connectivity index (χ2v) is 3.64. The lowest BCUT2D eigenvalue weighted by Crippen LogP contribution is -2.27. The molecule has 0 bridgehead atoms. The van der Waals surface area contributed by atoms with E-state index in [1.165, 1.54) is 19.3 Å². The van der Waals surface area contributed by atoms with Crippen LogP contribution in [0.15, 0.2) is 0 Å². The molecule has 0 amide bonds. The van der Waals surface area contributed by atoms with E-state index in [-0.39, 0.29) is 0 Å². The van der Waals surface area contributed by atoms with E-state index in [1.807, 2.05) is 0 Å². The molecule has 0 aromatic carbocycles. The lowest BCUT2D eigenvalue weighted by Gasteiger charge is -2.26. The van der Waals surface area contributed by atoms with Crippen molar-refractivity contribution in [2.75, 3.05) is 0 Å². The SMILES string of the molecule is CCCCC[C@H]1CCCC(O)O1. The van der Waals surface area contributed by atoms with Crippen LogP contribution in [0.2, 0.25) is 0 Å². The van der Waals surface area contributed by atoms with Crippen LogP contribution in [0.4, 0.5) is 0 Å². The first-order chi connectivity index (χ1) is 5.83. The monoisotopic (exact) mass is 172 g/mol. The lowest BCUT2D eigenvalue weighted by molar-refractivity contribution is -0.164. The van der Waals surface area contributed by atoms with Crippen molar-refractivity contribution in [3.05, 3.63) is 0 Å². The van der Waals surface area contributed by atoms with Crippen molar-refractivity contribution < 1.29 is 9.84 Å². The van der Waals surface area contributed by atoms with Gasteiger partial charge in [-0.15, -0.1) is 0 Å². The molecule has 1 unspecified atom stereocenters. The molecule has 0 spiro atoms. The predicted molar refractivity (Wildman–Crippen MR) is 48.9 cm³/mol. The molecule has 1 aliphatic rings. The summed E-state index contributed by atoms with van der Waals surface area (Å²) in [4.78, 5) is 0. The van der Waals surface area contributed by atoms with Crippen molar-refractivity contribution in [2.24, 2.45) is 0 Å². The Morgan fingerprint density at radius 3 is 2.83 bits per heavy atom. The number of unbranched alkanes of at least 4 members (excludes halogenated alkanes) is 2. The van der Waals surface area contributed by atoms with Gasteiger partial charge in [-0.1, -0.05) is 26.2 Å². The maximum atomic E-state index is 9.21. The maximum absolute atomic E-state index is 9.21. The van der Waals surface area contributed by atoms with E-state index in [0.29, 0.717) is 6.10 Å². The zero-order chi connectivity index (χ0) is 8.81. The normalized spacial score (nSPS) is 30.5. The summed E-state index contributed by atoms with van der Waals surface area (Å²) in [7, 11) is 0. The summed E-state index contributed by atoms with van der Waals surface area (Å²) in [6.07, 6.45) is 7.86. The van der Waals surface area contributed by atoms with E-state index < -0.39 is 6.29 Å². The van der Waals surface area contributed by atoms with Crippen LogP contribution < -0.4 is 0 Å². The van der Waals surface area contributed by atoms with Gasteiger partial charge in [0, 0.05) is 0 Å². The van der Waals surface area contributed by atoms with Crippen molar-refractivity contribution in [3.8, 4) is 0 Å². The van der Waals surface area contributed by atoms with Gasteiger partial charge in [0.2, 0.25) is 0 Å². The minimum atomic E-state index is -0.481. The highest BCUT2D eigenvalue weighted by Crippen LogP contribution is 2.21. The summed E-state index contributed by atoms with van der Waals surface area (Å²) in [6.45, 7) is 2.20. The zero-order valence-corrected chi connectivity index (χ0v) is 7.96. The molecule has 72 valence electrons. The van der Waals surface area contributed by atoms with Crippen LogP contribution in [0.1, 0.15) is 51.9 Å². The molecular formula is C10H20O2. The number of ether oxygens (including phenoxy) is 1. The topological polar surface area (TPSA) is 29.5 Å². The Kier molecular flexibility index (Phi) is 4.62. The summed E-state index contributed by atoms with van der Waals surface area (Å²) in [5, 5.41) is 9.21. The van der Waals surface area contributed by atoms with Gasteiger partial charge in [0.05, 0.1) is 6.10 Å². The van der Waals surface area contributed by atoms with Crippen LogP contribution in [0.25, 0.3) is 0 Å². The highest BCUT2D eigenvalue weighted by Gasteiger charge is 2.19. The van der Waals surface area contributed by atoms with Gasteiger partial charge in [0.1, 0.15) is 0 Å². The quantitative estimate of drug-likeness (QED) is 0.660. The number of hydrogen-bond donors (Lipinski definition) is 1. The Bertz CT molecular complexity index is 114. The predicted octanol–water partition coefficient (Wildman–Crippen LogP) is 2.45. The van der Waals surface area contributed by atoms with Gasteiger partial charge in [-0.25, -0.2) is 0 Å². The van der Waals surface area contributed by atoms with E-state index in [2.05, 4.69) is 6.92 Å². The van der Waals surface area contributed by atoms with Crippen molar-refractivity contribution >= 4 is 0 Å². The highest BCUT2D eigenvalue weighted by atomic mass is 16.6. The van der Waals surface area contributed by atoms with Crippen molar-refractivity contribution in [1.82, 2.24) is 0 Å². The van der Waals surface area contributed by atoms with Gasteiger partial charge < -0.3 is 9.84 Å². The minimum Gasteiger partial charge on any atom is -0.368 e. The zero-order valence-electron chi connectivity index (χ0n) is 7.96. The van der Waals surface area contributed by atoms with Crippen molar-refractivity contribution in [3.63, 3.8) is 0 Å². The number of rotatable bonds is 4. The number of aliphatic hydroxyl groups excluding tert-OH is 1. The van der Waals surface area contributed by atoms with Crippen LogP contribution in [0, 0.1) is 0 Å². The molecule has 1 rings (SSSR count). The Morgan fingerprint density at radius 1 is 1.33 bits per heavy atom. The fourth-order valence-electron chi connectivity index (χ4n) is 1.71. The van der Waals surface area contributed by atoms with Gasteiger partial charge in [0.15, 0.2) is 6.29 Å². The lowest BCUT2D eigenvalue weighted by atomic mass is 10.0. The molecule has 0 aromatic rings. The largest absolute Gasteiger partial charge is 0.368 e. The third-order valence-corrected chi connectivity index (χ3v) is 2.46. The third-order valence-electron chi connectivity index (χ3n) is 2.46. The molecule has 2 nitrogen and oxygen atoms in total. The molecule has 1 saturated heterocycles. The molecular weight excluding hydrogens is 152 g/mol. The van der Waals surface area contributed by atoms with Crippen LogP contribution >= 0.6 is 0 Å². The van der Waals surface area contributed by atoms with Gasteiger partial charge in [-0.05, 0) is 25.7 Å². The van der Waals surface area contributed by atoms with E-state index >= 15 is 0 Å². The molecule has 1 aliphatic heterocycles. The Balaban J connectivity index is 2.06. The highest BCUT2D eigenvalue weighted by molar-refractivity contribution is 4.65. The van der Waals surface area contributed by atoms with Gasteiger partial charge in [0.25, 0.3) is 0 Å². The van der Waals surface area contributed by atoms with E-state index in [9.17, 15) is 5.11 Å². The molecule has 1 heterocycles. The molecule has 0 radical (unpaired) electrons. The third kappa shape index (κ3) is 3.55. The van der Waals surface area contributed by atoms with Gasteiger partial charge in [-0.3, -0.25) is 0 Å². The standard InChI is InChI=1S/C10H20O2/c1-2-3-4-6-9-7-5-8-10(11)12-9/h9-11H,2-8H2,1H3/t9-,10?/m0/s1. The first-order valence-corrected chi connectivity index (χ1v) is 5.16. The molecule has 0 aliphatic carbocycles. The molecule has 1 N–H and O–H groups in total. The Morgan fingerprint density at radius 2 is 2.17 bits per heavy atom. The molecule has 2 atom stereocenters. The summed E-state index contributed by atoms with van der Waals surface area (Å²) in [5.41, 5.74) is 0. The summed E-state index contributed by atoms with van der Waals surface area (Å²) >= 11 is 0. The number of aliphatic hydroxyl groups is 1. The molecule has 2 heteroatoms. The first-order valence-electron chi connectivity index (χ1n) is 5.16. The minimum absolute atomic E-state index is 0.334. The summed E-state index contributed by atoms with van der Waals surface area (Å²) in [5.74, 6) is 0. The van der Waals surface area contributed by atoms with E-state index in [0.717, 1.165) is 25.7 Å². The maximum Gasteiger partial charge on any atom is 0.154 e. The van der Waals surface area contributed by atoms with Crippen LogP contribution in [0.3, 0.4) is 0 Å². The first kappa shape index (κ1) is 10.0. The van der Waals surface area contributed by atoms with E-state index in [4.69, 9.17) is 4.74 Å². The summed E-state index contributed by atoms with van der Waals surface area (Å²) in [6, 6.07) is 0. The molecule has 1 fully saturated rings. The van der Waals surface area contributed by atoms with Crippen LogP contribution in [-0.4, -0.2) is 17.5 Å². The fraction of sp³-hybridized carbons (Fsp3) is 1.00. The smallest absolute Gasteiger partial charge is 0.154 e. The average Bonchev–Trinajstić information content (AvgIpc) is 2.05.